The summed E-state index contributed by atoms with van der Waals surface area (Å²) < 4.78 is 21.3. The van der Waals surface area contributed by atoms with E-state index < -0.39 is 135 Å². The van der Waals surface area contributed by atoms with Gasteiger partial charge in [0, 0.05) is 11.1 Å². The SMILES string of the molecule is O=C(O[C@@H]1OC(CO)[C@@H](O)C2OC(=O)c3cc(O)c(O)c(O)c3-c3c(cc(O)c(O)c3O)C(=O)OC21)c1cc(O)c(O)c(O)c1. The Balaban J connectivity index is 1.68. The lowest BCUT2D eigenvalue weighted by Gasteiger charge is -2.42. The molecule has 18 heteroatoms. The Labute approximate surface area is 248 Å². The van der Waals surface area contributed by atoms with Gasteiger partial charge in [-0.1, -0.05) is 0 Å². The zero-order chi connectivity index (χ0) is 33.1. The van der Waals surface area contributed by atoms with Crippen LogP contribution >= 0.6 is 0 Å². The molecule has 3 unspecified atom stereocenters. The van der Waals surface area contributed by atoms with E-state index in [0.717, 1.165) is 0 Å². The van der Waals surface area contributed by atoms with Crippen molar-refractivity contribution in [1.82, 2.24) is 0 Å². The van der Waals surface area contributed by atoms with Gasteiger partial charge in [0.2, 0.25) is 23.9 Å². The van der Waals surface area contributed by atoms with Gasteiger partial charge in [-0.15, -0.1) is 0 Å². The van der Waals surface area contributed by atoms with E-state index in [4.69, 9.17) is 18.9 Å². The number of hydrogen-bond acceptors (Lipinski definition) is 18. The second-order valence-corrected chi connectivity index (χ2v) is 9.76. The Kier molecular flexibility index (Phi) is 7.49. The molecule has 2 heterocycles. The van der Waals surface area contributed by atoms with E-state index in [0.29, 0.717) is 24.3 Å². The third kappa shape index (κ3) is 4.97. The third-order valence-electron chi connectivity index (χ3n) is 7.01. The lowest BCUT2D eigenvalue weighted by molar-refractivity contribution is -0.283. The van der Waals surface area contributed by atoms with Crippen molar-refractivity contribution >= 4 is 17.9 Å². The quantitative estimate of drug-likeness (QED) is 0.100. The zero-order valence-electron chi connectivity index (χ0n) is 22.2. The van der Waals surface area contributed by atoms with Crippen LogP contribution in [0.4, 0.5) is 0 Å². The lowest BCUT2D eigenvalue weighted by atomic mass is 9.91. The maximum Gasteiger partial charge on any atom is 0.340 e. The smallest absolute Gasteiger partial charge is 0.340 e. The van der Waals surface area contributed by atoms with Crippen molar-refractivity contribution in [3.05, 3.63) is 41.0 Å². The highest BCUT2D eigenvalue weighted by atomic mass is 16.7. The topological polar surface area (TPSA) is 311 Å². The van der Waals surface area contributed by atoms with Gasteiger partial charge in [0.05, 0.1) is 23.3 Å². The molecule has 45 heavy (non-hydrogen) atoms. The molecule has 2 aliphatic heterocycles. The van der Waals surface area contributed by atoms with Crippen LogP contribution in [0.2, 0.25) is 0 Å². The number of carbonyl (C=O) groups excluding carboxylic acids is 3. The summed E-state index contributed by atoms with van der Waals surface area (Å²) in [7, 11) is 0. The molecule has 238 valence electrons. The predicted octanol–water partition coefficient (Wildman–Crippen LogP) is -0.297. The summed E-state index contributed by atoms with van der Waals surface area (Å²) >= 11 is 0. The fraction of sp³-hybridized carbons (Fsp3) is 0.222. The van der Waals surface area contributed by atoms with Crippen LogP contribution in [-0.2, 0) is 18.9 Å². The Bertz CT molecular complexity index is 1730. The molecule has 5 rings (SSSR count). The molecule has 0 saturated carbocycles. The van der Waals surface area contributed by atoms with Gasteiger partial charge in [0.1, 0.15) is 12.2 Å². The van der Waals surface area contributed by atoms with E-state index in [-0.39, 0.29) is 0 Å². The van der Waals surface area contributed by atoms with Gasteiger partial charge in [0.15, 0.2) is 46.4 Å². The Morgan fingerprint density at radius 3 is 1.58 bits per heavy atom. The number of aromatic hydroxyl groups is 9. The minimum absolute atomic E-state index is 0.529. The maximum absolute atomic E-state index is 13.6. The first-order valence-corrected chi connectivity index (χ1v) is 12.5. The normalized spacial score (nSPS) is 22.7. The predicted molar refractivity (Wildman–Crippen MR) is 139 cm³/mol. The second-order valence-electron chi connectivity index (χ2n) is 9.76. The van der Waals surface area contributed by atoms with E-state index in [1.165, 1.54) is 0 Å². The molecular formula is C27H22O18. The first kappa shape index (κ1) is 30.6. The van der Waals surface area contributed by atoms with Gasteiger partial charge < -0.3 is 75.1 Å². The van der Waals surface area contributed by atoms with Gasteiger partial charge in [-0.05, 0) is 24.3 Å². The molecule has 3 aromatic carbocycles. The van der Waals surface area contributed by atoms with Crippen molar-refractivity contribution in [3.63, 3.8) is 0 Å². The van der Waals surface area contributed by atoms with E-state index in [9.17, 15) is 70.6 Å². The number of fused-ring (bicyclic) bond motifs is 4. The molecule has 11 N–H and O–H groups in total. The van der Waals surface area contributed by atoms with Crippen LogP contribution < -0.4 is 0 Å². The number of benzene rings is 3. The Hall–Kier alpha value is -5.85. The van der Waals surface area contributed by atoms with Crippen LogP contribution in [0.15, 0.2) is 24.3 Å². The molecule has 1 saturated heterocycles. The van der Waals surface area contributed by atoms with Crippen molar-refractivity contribution in [2.75, 3.05) is 6.61 Å². The molecule has 2 aliphatic rings. The molecule has 0 amide bonds. The van der Waals surface area contributed by atoms with E-state index in [1.54, 1.807) is 0 Å². The fourth-order valence-corrected chi connectivity index (χ4v) is 4.78. The van der Waals surface area contributed by atoms with Crippen LogP contribution in [-0.4, -0.2) is 111 Å². The minimum Gasteiger partial charge on any atom is -0.504 e. The molecule has 0 spiro atoms. The molecule has 1 fully saturated rings. The summed E-state index contributed by atoms with van der Waals surface area (Å²) in [5.41, 5.74) is -4.17. The van der Waals surface area contributed by atoms with Crippen LogP contribution in [0.5, 0.6) is 51.7 Å². The van der Waals surface area contributed by atoms with Gasteiger partial charge in [-0.2, -0.15) is 0 Å². The largest absolute Gasteiger partial charge is 0.504 e. The van der Waals surface area contributed by atoms with Crippen LogP contribution in [0.25, 0.3) is 11.1 Å². The number of carbonyl (C=O) groups is 3. The molecule has 0 bridgehead atoms. The molecular weight excluding hydrogens is 612 g/mol. The van der Waals surface area contributed by atoms with Crippen LogP contribution in [0.1, 0.15) is 31.1 Å². The molecule has 18 nitrogen and oxygen atoms in total. The van der Waals surface area contributed by atoms with E-state index >= 15 is 0 Å². The summed E-state index contributed by atoms with van der Waals surface area (Å²) in [6.07, 6.45) is -10.1. The minimum atomic E-state index is -2.15. The lowest BCUT2D eigenvalue weighted by Crippen LogP contribution is -2.62. The van der Waals surface area contributed by atoms with Crippen molar-refractivity contribution in [3.8, 4) is 62.9 Å². The van der Waals surface area contributed by atoms with E-state index in [1.807, 2.05) is 0 Å². The summed E-state index contributed by atoms with van der Waals surface area (Å²) in [5, 5.41) is 112. The standard InChI is InChI=1S/C27H22O18/c28-5-13-19(36)22-23(27(42-13)45-24(39)6-1-9(29)16(33)10(30)2-6)44-26(41)8-4-12(32)18(35)21(38)15(8)14-7(25(40)43-22)3-11(31)17(34)20(14)37/h1-4,13,19,22-23,27-38H,5H2/t13?,19-,22?,23?,27+/m1/s1. The van der Waals surface area contributed by atoms with Gasteiger partial charge in [-0.25, -0.2) is 14.4 Å². The van der Waals surface area contributed by atoms with Crippen LogP contribution in [0.3, 0.4) is 0 Å². The number of esters is 3. The van der Waals surface area contributed by atoms with Gasteiger partial charge in [-0.3, -0.25) is 0 Å². The summed E-state index contributed by atoms with van der Waals surface area (Å²) in [6, 6.07) is 2.42. The first-order valence-electron chi connectivity index (χ1n) is 12.5. The average Bonchev–Trinajstić information content (AvgIpc) is 2.99. The van der Waals surface area contributed by atoms with Crippen molar-refractivity contribution in [2.45, 2.75) is 30.7 Å². The van der Waals surface area contributed by atoms with Gasteiger partial charge in [0.25, 0.3) is 0 Å². The number of aliphatic hydroxyl groups excluding tert-OH is 2. The van der Waals surface area contributed by atoms with Crippen molar-refractivity contribution in [2.24, 2.45) is 0 Å². The summed E-state index contributed by atoms with van der Waals surface area (Å²) in [5.74, 6) is -14.7. The molecule has 0 aromatic heterocycles. The van der Waals surface area contributed by atoms with Crippen LogP contribution in [0, 0.1) is 0 Å². The highest BCUT2D eigenvalue weighted by molar-refractivity contribution is 6.08. The summed E-state index contributed by atoms with van der Waals surface area (Å²) in [4.78, 5) is 40.0. The highest BCUT2D eigenvalue weighted by Gasteiger charge is 2.52. The van der Waals surface area contributed by atoms with Crippen molar-refractivity contribution < 1.29 is 89.5 Å². The first-order chi connectivity index (χ1) is 21.2. The fourth-order valence-electron chi connectivity index (χ4n) is 4.78. The maximum atomic E-state index is 13.6. The van der Waals surface area contributed by atoms with E-state index in [2.05, 4.69) is 0 Å². The Morgan fingerprint density at radius 1 is 0.667 bits per heavy atom. The highest BCUT2D eigenvalue weighted by Crippen LogP contribution is 2.53. The number of ether oxygens (including phenoxy) is 4. The number of phenols is 9. The zero-order valence-corrected chi connectivity index (χ0v) is 22.2. The van der Waals surface area contributed by atoms with Crippen molar-refractivity contribution in [1.29, 1.82) is 0 Å². The third-order valence-corrected chi connectivity index (χ3v) is 7.01. The van der Waals surface area contributed by atoms with Gasteiger partial charge >= 0.3 is 17.9 Å². The monoisotopic (exact) mass is 634 g/mol. The number of phenolic OH excluding ortho intramolecular Hbond substituents is 9. The molecule has 0 aliphatic carbocycles. The number of hydrogen-bond donors (Lipinski definition) is 11. The average molecular weight is 634 g/mol. The Morgan fingerprint density at radius 2 is 1.11 bits per heavy atom. The number of rotatable bonds is 3. The molecule has 5 atom stereocenters. The summed E-state index contributed by atoms with van der Waals surface area (Å²) in [6.45, 7) is -0.999. The molecule has 0 radical (unpaired) electrons. The number of aliphatic hydroxyl groups is 2. The second kappa shape index (κ2) is 11.0. The molecule has 3 aromatic rings.